The molecule has 18 heavy (non-hydrogen) atoms. The predicted molar refractivity (Wildman–Crippen MR) is 64.5 cm³/mol. The number of halogens is 2. The molecule has 0 aliphatic heterocycles. The maximum absolute atomic E-state index is 13.6. The van der Waals surface area contributed by atoms with Crippen molar-refractivity contribution in [3.8, 4) is 10.6 Å². The average molecular weight is 269 g/mol. The summed E-state index contributed by atoms with van der Waals surface area (Å²) in [7, 11) is 1.37. The van der Waals surface area contributed by atoms with E-state index in [0.717, 1.165) is 17.5 Å². The van der Waals surface area contributed by atoms with Crippen molar-refractivity contribution in [2.75, 3.05) is 7.11 Å². The molecule has 0 atom stereocenters. The predicted octanol–water partition coefficient (Wildman–Crippen LogP) is 2.85. The van der Waals surface area contributed by atoms with E-state index in [1.54, 1.807) is 6.92 Å². The van der Waals surface area contributed by atoms with E-state index in [-0.39, 0.29) is 4.88 Å². The quantitative estimate of drug-likeness (QED) is 0.636. The third-order valence-corrected chi connectivity index (χ3v) is 3.28. The summed E-state index contributed by atoms with van der Waals surface area (Å²) in [5.41, 5.74) is 0.804. The highest BCUT2D eigenvalue weighted by molar-refractivity contribution is 7.17. The van der Waals surface area contributed by atoms with E-state index < -0.39 is 11.8 Å². The van der Waals surface area contributed by atoms with Crippen LogP contribution in [0, 0.1) is 11.8 Å². The lowest BCUT2D eigenvalue weighted by Gasteiger charge is -1.94. The summed E-state index contributed by atoms with van der Waals surface area (Å²) in [6, 6.07) is 1.25. The van der Waals surface area contributed by atoms with Gasteiger partial charge in [0.1, 0.15) is 22.8 Å². The zero-order chi connectivity index (χ0) is 13.1. The Balaban J connectivity index is 2.43. The summed E-state index contributed by atoms with van der Waals surface area (Å²) in [5, 5.41) is 3.98. The van der Waals surface area contributed by atoms with Gasteiger partial charge in [-0.15, -0.1) is 11.3 Å². The van der Waals surface area contributed by atoms with Crippen LogP contribution < -0.4 is 0 Å². The van der Waals surface area contributed by atoms with Crippen molar-refractivity contribution in [1.29, 1.82) is 0 Å². The highest BCUT2D eigenvalue weighted by Gasteiger charge is 2.15. The first kappa shape index (κ1) is 12.6. The number of nitrogens with zero attached hydrogens (tertiary/aromatic N) is 3. The van der Waals surface area contributed by atoms with Crippen molar-refractivity contribution in [1.82, 2.24) is 9.97 Å². The molecule has 0 saturated heterocycles. The molecule has 0 amide bonds. The smallest absolute Gasteiger partial charge is 0.233 e. The van der Waals surface area contributed by atoms with Crippen LogP contribution in [-0.4, -0.2) is 22.8 Å². The van der Waals surface area contributed by atoms with E-state index in [1.807, 2.05) is 0 Å². The minimum atomic E-state index is -0.655. The molecule has 0 saturated carbocycles. The van der Waals surface area contributed by atoms with E-state index >= 15 is 0 Å². The Labute approximate surface area is 106 Å². The lowest BCUT2D eigenvalue weighted by molar-refractivity contribution is 0.213. The van der Waals surface area contributed by atoms with E-state index in [2.05, 4.69) is 20.0 Å². The second kappa shape index (κ2) is 5.18. The van der Waals surface area contributed by atoms with E-state index in [1.165, 1.54) is 19.4 Å². The van der Waals surface area contributed by atoms with Gasteiger partial charge in [0, 0.05) is 11.8 Å². The molecule has 0 aliphatic rings. The standard InChI is InChI=1S/C11H9F2N3OS/c1-6(16-17-2)9-10(13)15-11(18-9)7-3-8(12)5-14-4-7/h3-5H,1-2H3/b16-6+. The van der Waals surface area contributed by atoms with Crippen LogP contribution in [0.2, 0.25) is 0 Å². The molecule has 0 bridgehead atoms. The van der Waals surface area contributed by atoms with Gasteiger partial charge in [0.25, 0.3) is 0 Å². The summed E-state index contributed by atoms with van der Waals surface area (Å²) >= 11 is 1.07. The monoisotopic (exact) mass is 269 g/mol. The van der Waals surface area contributed by atoms with E-state index in [9.17, 15) is 8.78 Å². The van der Waals surface area contributed by atoms with Crippen LogP contribution in [0.3, 0.4) is 0 Å². The van der Waals surface area contributed by atoms with Crippen molar-refractivity contribution in [3.63, 3.8) is 0 Å². The number of hydrogen-bond acceptors (Lipinski definition) is 5. The zero-order valence-corrected chi connectivity index (χ0v) is 10.5. The Hall–Kier alpha value is -1.89. The van der Waals surface area contributed by atoms with Gasteiger partial charge in [-0.05, 0) is 13.0 Å². The van der Waals surface area contributed by atoms with Crippen LogP contribution in [0.25, 0.3) is 10.6 Å². The molecule has 0 aliphatic carbocycles. The molecule has 2 aromatic heterocycles. The minimum absolute atomic E-state index is 0.260. The number of oxime groups is 1. The summed E-state index contributed by atoms with van der Waals surface area (Å²) in [6.45, 7) is 1.60. The van der Waals surface area contributed by atoms with Crippen molar-refractivity contribution in [3.05, 3.63) is 35.1 Å². The maximum atomic E-state index is 13.6. The first-order chi connectivity index (χ1) is 8.61. The minimum Gasteiger partial charge on any atom is -0.399 e. The highest BCUT2D eigenvalue weighted by Crippen LogP contribution is 2.27. The van der Waals surface area contributed by atoms with Crippen LogP contribution >= 0.6 is 11.3 Å². The third-order valence-electron chi connectivity index (χ3n) is 2.09. The van der Waals surface area contributed by atoms with Gasteiger partial charge in [-0.3, -0.25) is 4.98 Å². The van der Waals surface area contributed by atoms with Gasteiger partial charge in [0.2, 0.25) is 5.95 Å². The molecular formula is C11H9F2N3OS. The fourth-order valence-corrected chi connectivity index (χ4v) is 2.22. The average Bonchev–Trinajstić information content (AvgIpc) is 2.72. The van der Waals surface area contributed by atoms with Gasteiger partial charge in [0.15, 0.2) is 0 Å². The molecular weight excluding hydrogens is 260 g/mol. The van der Waals surface area contributed by atoms with Crippen LogP contribution in [0.1, 0.15) is 11.8 Å². The number of rotatable bonds is 3. The van der Waals surface area contributed by atoms with E-state index in [4.69, 9.17) is 0 Å². The topological polar surface area (TPSA) is 47.4 Å². The van der Waals surface area contributed by atoms with Gasteiger partial charge in [-0.25, -0.2) is 9.37 Å². The Morgan fingerprint density at radius 2 is 2.17 bits per heavy atom. The van der Waals surface area contributed by atoms with Crippen molar-refractivity contribution >= 4 is 17.0 Å². The Kier molecular flexibility index (Phi) is 3.61. The number of aromatic nitrogens is 2. The Morgan fingerprint density at radius 1 is 1.39 bits per heavy atom. The number of hydrogen-bond donors (Lipinski definition) is 0. The summed E-state index contributed by atoms with van der Waals surface area (Å²) in [5.74, 6) is -1.15. The van der Waals surface area contributed by atoms with Crippen LogP contribution in [-0.2, 0) is 4.84 Å². The van der Waals surface area contributed by atoms with E-state index in [0.29, 0.717) is 16.3 Å². The molecule has 0 unspecified atom stereocenters. The highest BCUT2D eigenvalue weighted by atomic mass is 32.1. The lowest BCUT2D eigenvalue weighted by atomic mass is 10.3. The molecule has 7 heteroatoms. The fraction of sp³-hybridized carbons (Fsp3) is 0.182. The largest absolute Gasteiger partial charge is 0.399 e. The Morgan fingerprint density at radius 3 is 2.83 bits per heavy atom. The summed E-state index contributed by atoms with van der Waals surface area (Å²) < 4.78 is 26.6. The first-order valence-electron chi connectivity index (χ1n) is 4.97. The molecule has 94 valence electrons. The van der Waals surface area contributed by atoms with Gasteiger partial charge in [-0.1, -0.05) is 5.16 Å². The Bertz CT molecular complexity index is 598. The van der Waals surface area contributed by atoms with Gasteiger partial charge in [-0.2, -0.15) is 4.39 Å². The maximum Gasteiger partial charge on any atom is 0.233 e. The van der Waals surface area contributed by atoms with Crippen LogP contribution in [0.5, 0.6) is 0 Å². The molecule has 0 spiro atoms. The van der Waals surface area contributed by atoms with Crippen molar-refractivity contribution < 1.29 is 13.6 Å². The SMILES string of the molecule is CO/N=C(\C)c1sc(-c2cncc(F)c2)nc1F. The second-order valence-corrected chi connectivity index (χ2v) is 4.39. The van der Waals surface area contributed by atoms with Gasteiger partial charge in [0.05, 0.1) is 11.9 Å². The van der Waals surface area contributed by atoms with Crippen LogP contribution in [0.15, 0.2) is 23.6 Å². The summed E-state index contributed by atoms with van der Waals surface area (Å²) in [4.78, 5) is 12.3. The van der Waals surface area contributed by atoms with Crippen LogP contribution in [0.4, 0.5) is 8.78 Å². The second-order valence-electron chi connectivity index (χ2n) is 3.39. The third kappa shape index (κ3) is 2.51. The first-order valence-corrected chi connectivity index (χ1v) is 5.79. The molecule has 0 N–H and O–H groups in total. The molecule has 2 rings (SSSR count). The number of pyridine rings is 1. The van der Waals surface area contributed by atoms with Gasteiger partial charge >= 0.3 is 0 Å². The molecule has 0 radical (unpaired) electrons. The zero-order valence-electron chi connectivity index (χ0n) is 9.65. The summed E-state index contributed by atoms with van der Waals surface area (Å²) in [6.07, 6.45) is 2.50. The molecule has 0 aromatic carbocycles. The molecule has 4 nitrogen and oxygen atoms in total. The lowest BCUT2D eigenvalue weighted by Crippen LogP contribution is -1.94. The molecule has 2 heterocycles. The number of thiazole rings is 1. The van der Waals surface area contributed by atoms with Crippen molar-refractivity contribution in [2.24, 2.45) is 5.16 Å². The molecule has 2 aromatic rings. The fourth-order valence-electron chi connectivity index (χ4n) is 1.36. The van der Waals surface area contributed by atoms with Gasteiger partial charge < -0.3 is 4.84 Å². The normalized spacial score (nSPS) is 11.7. The molecule has 0 fully saturated rings. The van der Waals surface area contributed by atoms with Crippen molar-refractivity contribution in [2.45, 2.75) is 6.92 Å².